The first-order valence-electron chi connectivity index (χ1n) is 10.3. The number of piperidine rings is 1. The Morgan fingerprint density at radius 1 is 1.06 bits per heavy atom. The summed E-state index contributed by atoms with van der Waals surface area (Å²) in [6.45, 7) is 1.45. The number of carbonyl (C=O) groups excluding carboxylic acids is 3. The van der Waals surface area contributed by atoms with Crippen molar-refractivity contribution < 1.29 is 23.5 Å². The summed E-state index contributed by atoms with van der Waals surface area (Å²) in [4.78, 5) is 35.1. The van der Waals surface area contributed by atoms with Gasteiger partial charge in [0.25, 0.3) is 0 Å². The van der Waals surface area contributed by atoms with Crippen molar-refractivity contribution in [1.29, 1.82) is 0 Å². The molecule has 0 saturated carbocycles. The summed E-state index contributed by atoms with van der Waals surface area (Å²) in [5.41, 5.74) is 2.12. The van der Waals surface area contributed by atoms with Crippen LogP contribution in [0.3, 0.4) is 0 Å². The molecule has 0 spiro atoms. The van der Waals surface area contributed by atoms with Crippen LogP contribution in [-0.4, -0.2) is 17.7 Å². The van der Waals surface area contributed by atoms with Gasteiger partial charge in [-0.2, -0.15) is 0 Å². The van der Waals surface area contributed by atoms with Crippen LogP contribution in [0.4, 0.5) is 5.69 Å². The second-order valence-electron chi connectivity index (χ2n) is 7.86. The second-order valence-corrected chi connectivity index (χ2v) is 7.86. The van der Waals surface area contributed by atoms with Crippen molar-refractivity contribution in [2.75, 3.05) is 5.32 Å². The molecule has 3 amide bonds. The van der Waals surface area contributed by atoms with E-state index in [9.17, 15) is 14.4 Å². The maximum atomic E-state index is 12.3. The van der Waals surface area contributed by atoms with E-state index in [1.54, 1.807) is 18.4 Å². The standard InChI is InChI=1S/C25H20N2O5/c1-14(28)26-17-3-2-4-18(12-17)32-19-6-5-15-11-23-21(10-16(15)9-19)22(13-31-23)20-7-8-24(29)27-25(20)30/h2-6,9-13,20H,7-8H2,1H3,(H,26,28)(H,27,29,30)/t20-/m1/s1. The average molecular weight is 428 g/mol. The summed E-state index contributed by atoms with van der Waals surface area (Å²) < 4.78 is 11.7. The van der Waals surface area contributed by atoms with Crippen molar-refractivity contribution in [2.24, 2.45) is 0 Å². The fraction of sp³-hybridized carbons (Fsp3) is 0.160. The SMILES string of the molecule is CC(=O)Nc1cccc(Oc2ccc3cc4occ([C@H]5CCC(=O)NC5=O)c4cc3c2)c1. The van der Waals surface area contributed by atoms with Crippen LogP contribution in [-0.2, 0) is 14.4 Å². The minimum Gasteiger partial charge on any atom is -0.464 e. The van der Waals surface area contributed by atoms with Crippen LogP contribution in [0.15, 0.2) is 65.3 Å². The number of anilines is 1. The van der Waals surface area contributed by atoms with E-state index < -0.39 is 5.92 Å². The van der Waals surface area contributed by atoms with E-state index in [1.165, 1.54) is 6.92 Å². The summed E-state index contributed by atoms with van der Waals surface area (Å²) in [6, 6.07) is 16.8. The number of rotatable bonds is 4. The highest BCUT2D eigenvalue weighted by atomic mass is 16.5. The van der Waals surface area contributed by atoms with E-state index in [0.717, 1.165) is 21.7 Å². The van der Waals surface area contributed by atoms with Gasteiger partial charge in [0.15, 0.2) is 0 Å². The zero-order valence-electron chi connectivity index (χ0n) is 17.3. The lowest BCUT2D eigenvalue weighted by atomic mass is 9.90. The minimum atomic E-state index is -0.414. The van der Waals surface area contributed by atoms with E-state index in [4.69, 9.17) is 9.15 Å². The Bertz CT molecular complexity index is 1390. The Balaban J connectivity index is 1.48. The van der Waals surface area contributed by atoms with Gasteiger partial charge in [-0.25, -0.2) is 0 Å². The molecular weight excluding hydrogens is 408 g/mol. The van der Waals surface area contributed by atoms with E-state index >= 15 is 0 Å². The molecule has 5 rings (SSSR count). The fourth-order valence-corrected chi connectivity index (χ4v) is 4.07. The molecule has 32 heavy (non-hydrogen) atoms. The Morgan fingerprint density at radius 2 is 1.91 bits per heavy atom. The van der Waals surface area contributed by atoms with Crippen molar-refractivity contribution in [1.82, 2.24) is 5.32 Å². The van der Waals surface area contributed by atoms with Crippen LogP contribution in [0.25, 0.3) is 21.7 Å². The van der Waals surface area contributed by atoms with E-state index in [0.29, 0.717) is 35.6 Å². The Labute approximate surface area is 183 Å². The molecule has 1 fully saturated rings. The van der Waals surface area contributed by atoms with Gasteiger partial charge < -0.3 is 14.5 Å². The molecule has 0 unspecified atom stereocenters. The zero-order valence-corrected chi connectivity index (χ0v) is 17.3. The van der Waals surface area contributed by atoms with Crippen molar-refractivity contribution in [3.05, 3.63) is 66.4 Å². The van der Waals surface area contributed by atoms with Crippen LogP contribution in [0, 0.1) is 0 Å². The van der Waals surface area contributed by atoms with Gasteiger partial charge in [-0.05, 0) is 53.6 Å². The summed E-state index contributed by atoms with van der Waals surface area (Å²) in [7, 11) is 0. The number of nitrogens with one attached hydrogen (secondary N) is 2. The van der Waals surface area contributed by atoms with Gasteiger partial charge in [0.1, 0.15) is 17.1 Å². The van der Waals surface area contributed by atoms with Gasteiger partial charge in [-0.3, -0.25) is 19.7 Å². The Hall–Kier alpha value is -4.13. The van der Waals surface area contributed by atoms with Crippen LogP contribution >= 0.6 is 0 Å². The molecule has 7 nitrogen and oxygen atoms in total. The molecule has 1 atom stereocenters. The predicted molar refractivity (Wildman–Crippen MR) is 120 cm³/mol. The number of ether oxygens (including phenoxy) is 1. The molecule has 0 aliphatic carbocycles. The molecule has 1 aromatic heterocycles. The van der Waals surface area contributed by atoms with Gasteiger partial charge in [-0.15, -0.1) is 0 Å². The van der Waals surface area contributed by atoms with E-state index in [2.05, 4.69) is 10.6 Å². The lowest BCUT2D eigenvalue weighted by Gasteiger charge is -2.19. The number of carbonyl (C=O) groups is 3. The Kier molecular flexibility index (Phi) is 4.86. The average Bonchev–Trinajstić information content (AvgIpc) is 3.14. The molecule has 4 aromatic rings. The first-order chi connectivity index (χ1) is 15.5. The molecule has 1 saturated heterocycles. The quantitative estimate of drug-likeness (QED) is 0.453. The largest absolute Gasteiger partial charge is 0.464 e. The Morgan fingerprint density at radius 3 is 2.72 bits per heavy atom. The molecule has 1 aliphatic rings. The molecule has 0 radical (unpaired) electrons. The predicted octanol–water partition coefficient (Wildman–Crippen LogP) is 4.86. The van der Waals surface area contributed by atoms with Crippen molar-refractivity contribution in [3.63, 3.8) is 0 Å². The molecule has 3 aromatic carbocycles. The van der Waals surface area contributed by atoms with Gasteiger partial charge >= 0.3 is 0 Å². The third kappa shape index (κ3) is 3.80. The lowest BCUT2D eigenvalue weighted by molar-refractivity contribution is -0.134. The number of furan rings is 1. The molecule has 2 heterocycles. The molecular formula is C25H20N2O5. The third-order valence-electron chi connectivity index (χ3n) is 5.54. The number of amides is 3. The van der Waals surface area contributed by atoms with Gasteiger partial charge in [0.05, 0.1) is 12.2 Å². The number of hydrogen-bond acceptors (Lipinski definition) is 5. The van der Waals surface area contributed by atoms with Gasteiger partial charge in [-0.1, -0.05) is 12.1 Å². The highest BCUT2D eigenvalue weighted by Crippen LogP contribution is 2.36. The first kappa shape index (κ1) is 19.8. The summed E-state index contributed by atoms with van der Waals surface area (Å²) >= 11 is 0. The van der Waals surface area contributed by atoms with Crippen LogP contribution < -0.4 is 15.4 Å². The van der Waals surface area contributed by atoms with Crippen molar-refractivity contribution in [3.8, 4) is 11.5 Å². The van der Waals surface area contributed by atoms with E-state index in [1.807, 2.05) is 42.5 Å². The molecule has 160 valence electrons. The third-order valence-corrected chi connectivity index (χ3v) is 5.54. The van der Waals surface area contributed by atoms with Gasteiger partial charge in [0, 0.05) is 36.0 Å². The van der Waals surface area contributed by atoms with Crippen molar-refractivity contribution >= 4 is 45.2 Å². The minimum absolute atomic E-state index is 0.149. The molecule has 1 aliphatic heterocycles. The highest BCUT2D eigenvalue weighted by molar-refractivity contribution is 6.04. The maximum Gasteiger partial charge on any atom is 0.234 e. The topological polar surface area (TPSA) is 97.6 Å². The smallest absolute Gasteiger partial charge is 0.234 e. The zero-order chi connectivity index (χ0) is 22.2. The van der Waals surface area contributed by atoms with Crippen LogP contribution in [0.1, 0.15) is 31.2 Å². The number of imide groups is 1. The lowest BCUT2D eigenvalue weighted by Crippen LogP contribution is -2.39. The summed E-state index contributed by atoms with van der Waals surface area (Å²) in [5, 5.41) is 7.90. The molecule has 7 heteroatoms. The van der Waals surface area contributed by atoms with E-state index in [-0.39, 0.29) is 17.7 Å². The second kappa shape index (κ2) is 7.85. The van der Waals surface area contributed by atoms with Crippen LogP contribution in [0.5, 0.6) is 11.5 Å². The summed E-state index contributed by atoms with van der Waals surface area (Å²) in [5.74, 6) is 0.146. The van der Waals surface area contributed by atoms with Crippen LogP contribution in [0.2, 0.25) is 0 Å². The summed E-state index contributed by atoms with van der Waals surface area (Å²) in [6.07, 6.45) is 2.38. The van der Waals surface area contributed by atoms with Gasteiger partial charge in [0.2, 0.25) is 17.7 Å². The highest BCUT2D eigenvalue weighted by Gasteiger charge is 2.30. The van der Waals surface area contributed by atoms with Crippen molar-refractivity contribution in [2.45, 2.75) is 25.7 Å². The normalized spacial score (nSPS) is 16.2. The molecule has 2 N–H and O–H groups in total. The number of benzene rings is 3. The number of fused-ring (bicyclic) bond motifs is 2. The first-order valence-corrected chi connectivity index (χ1v) is 10.3. The monoisotopic (exact) mass is 428 g/mol. The maximum absolute atomic E-state index is 12.3. The number of hydrogen-bond donors (Lipinski definition) is 2. The molecule has 0 bridgehead atoms. The fourth-order valence-electron chi connectivity index (χ4n) is 4.07.